The third-order valence-electron chi connectivity index (χ3n) is 6.85. The molecule has 0 fully saturated rings. The molecule has 3 aromatic carbocycles. The van der Waals surface area contributed by atoms with Crippen molar-refractivity contribution >= 4 is 52.5 Å². The number of aryl methyl sites for hydroxylation is 1. The van der Waals surface area contributed by atoms with Crippen molar-refractivity contribution in [1.82, 2.24) is 16.0 Å². The highest BCUT2D eigenvalue weighted by Gasteiger charge is 2.28. The Hall–Kier alpha value is -3.75. The molecule has 0 radical (unpaired) electrons. The summed E-state index contributed by atoms with van der Waals surface area (Å²) in [5.74, 6) is -1.08. The lowest BCUT2D eigenvalue weighted by Gasteiger charge is -2.20. The van der Waals surface area contributed by atoms with Crippen molar-refractivity contribution in [3.8, 4) is 0 Å². The minimum absolute atomic E-state index is 0.00531. The largest absolute Gasteiger partial charge is 0.467 e. The number of methoxy groups -OCH3 is 1. The fourth-order valence-corrected chi connectivity index (χ4v) is 5.25. The molecular weight excluding hydrogens is 551 g/mol. The first-order chi connectivity index (χ1) is 19.2. The van der Waals surface area contributed by atoms with E-state index in [1.807, 2.05) is 48.5 Å². The molecule has 2 atom stereocenters. The van der Waals surface area contributed by atoms with E-state index < -0.39 is 23.9 Å². The molecule has 210 valence electrons. The van der Waals surface area contributed by atoms with Gasteiger partial charge in [0.15, 0.2) is 0 Å². The molecule has 4 N–H and O–H groups in total. The second-order valence-corrected chi connectivity index (χ2v) is 10.7. The number of carbonyl (C=O) groups excluding carboxylic acids is 3. The maximum atomic E-state index is 13.3. The average molecular weight is 584 g/mol. The van der Waals surface area contributed by atoms with E-state index in [1.54, 1.807) is 12.1 Å². The third kappa shape index (κ3) is 6.87. The molecule has 10 heteroatoms. The van der Waals surface area contributed by atoms with Gasteiger partial charge in [-0.1, -0.05) is 73.4 Å². The molecule has 0 saturated carbocycles. The number of amides is 3. The van der Waals surface area contributed by atoms with Gasteiger partial charge < -0.3 is 26.0 Å². The Morgan fingerprint density at radius 2 is 1.80 bits per heavy atom. The van der Waals surface area contributed by atoms with Crippen LogP contribution in [0.5, 0.6) is 0 Å². The number of hydrogen-bond acceptors (Lipinski definition) is 5. The van der Waals surface area contributed by atoms with Gasteiger partial charge in [0.2, 0.25) is 0 Å². The molecule has 3 aromatic rings. The van der Waals surface area contributed by atoms with Gasteiger partial charge in [-0.2, -0.15) is 0 Å². The second-order valence-electron chi connectivity index (χ2n) is 9.88. The van der Waals surface area contributed by atoms with E-state index in [4.69, 9.17) is 27.9 Å². The highest BCUT2D eigenvalue weighted by molar-refractivity contribution is 6.41. The number of hydrogen-bond donors (Lipinski definition) is 4. The molecule has 3 amide bonds. The highest BCUT2D eigenvalue weighted by Crippen LogP contribution is 2.34. The Morgan fingerprint density at radius 1 is 1.02 bits per heavy atom. The Kier molecular flexibility index (Phi) is 9.55. The first kappa shape index (κ1) is 29.2. The zero-order valence-electron chi connectivity index (χ0n) is 22.5. The Balaban J connectivity index is 1.44. The second kappa shape index (κ2) is 13.1. The molecule has 0 aliphatic heterocycles. The Morgan fingerprint density at radius 3 is 2.55 bits per heavy atom. The van der Waals surface area contributed by atoms with Gasteiger partial charge in [-0.15, -0.1) is 0 Å². The first-order valence-corrected chi connectivity index (χ1v) is 13.8. The average Bonchev–Trinajstić information content (AvgIpc) is 3.35. The molecule has 1 unspecified atom stereocenters. The molecule has 0 bridgehead atoms. The van der Waals surface area contributed by atoms with Crippen LogP contribution in [0, 0.1) is 0 Å². The fourth-order valence-electron chi connectivity index (χ4n) is 4.67. The van der Waals surface area contributed by atoms with Gasteiger partial charge >= 0.3 is 12.0 Å². The number of halogens is 2. The molecule has 0 heterocycles. The van der Waals surface area contributed by atoms with Gasteiger partial charge in [0, 0.05) is 5.69 Å². The predicted octanol–water partition coefficient (Wildman–Crippen LogP) is 6.12. The molecule has 1 aliphatic carbocycles. The van der Waals surface area contributed by atoms with Crippen LogP contribution in [-0.2, 0) is 16.0 Å². The summed E-state index contributed by atoms with van der Waals surface area (Å²) in [6.07, 6.45) is 1.66. The number of ether oxygens (including phenoxy) is 1. The number of rotatable bonds is 9. The minimum atomic E-state index is -1.18. The van der Waals surface area contributed by atoms with Crippen LogP contribution in [0.15, 0.2) is 60.7 Å². The molecule has 8 nitrogen and oxygen atoms in total. The number of fused-ring (bicyclic) bond motifs is 1. The van der Waals surface area contributed by atoms with E-state index in [9.17, 15) is 14.4 Å². The summed E-state index contributed by atoms with van der Waals surface area (Å²) in [5, 5.41) is 11.6. The minimum Gasteiger partial charge on any atom is -0.467 e. The van der Waals surface area contributed by atoms with E-state index in [0.717, 1.165) is 29.7 Å². The van der Waals surface area contributed by atoms with Gasteiger partial charge in [-0.05, 0) is 59.7 Å². The molecule has 40 heavy (non-hydrogen) atoms. The summed E-state index contributed by atoms with van der Waals surface area (Å²) in [7, 11) is 1.20. The number of anilines is 2. The lowest BCUT2D eigenvalue weighted by atomic mass is 10.0. The van der Waals surface area contributed by atoms with Crippen molar-refractivity contribution < 1.29 is 19.1 Å². The van der Waals surface area contributed by atoms with Crippen LogP contribution < -0.4 is 21.3 Å². The van der Waals surface area contributed by atoms with Crippen LogP contribution in [0.25, 0.3) is 0 Å². The highest BCUT2D eigenvalue weighted by atomic mass is 35.5. The summed E-state index contributed by atoms with van der Waals surface area (Å²) in [6.45, 7) is 4.00. The quantitative estimate of drug-likeness (QED) is 0.227. The lowest BCUT2D eigenvalue weighted by Crippen LogP contribution is -2.51. The van der Waals surface area contributed by atoms with Gasteiger partial charge in [-0.3, -0.25) is 4.79 Å². The van der Waals surface area contributed by atoms with Gasteiger partial charge in [0.25, 0.3) is 5.91 Å². The van der Waals surface area contributed by atoms with Crippen LogP contribution in [0.2, 0.25) is 10.0 Å². The number of nitrogens with one attached hydrogen (secondary N) is 4. The van der Waals surface area contributed by atoms with E-state index in [2.05, 4.69) is 35.1 Å². The molecule has 0 aromatic heterocycles. The summed E-state index contributed by atoms with van der Waals surface area (Å²) in [4.78, 5) is 38.4. The van der Waals surface area contributed by atoms with Crippen molar-refractivity contribution in [3.05, 3.63) is 93.0 Å². The van der Waals surface area contributed by atoms with Gasteiger partial charge in [-0.25, -0.2) is 9.59 Å². The van der Waals surface area contributed by atoms with Crippen LogP contribution in [0.1, 0.15) is 59.3 Å². The molecule has 1 aliphatic rings. The smallest absolute Gasteiger partial charge is 0.330 e. The predicted molar refractivity (Wildman–Crippen MR) is 158 cm³/mol. The fraction of sp³-hybridized carbons (Fsp3) is 0.300. The maximum Gasteiger partial charge on any atom is 0.330 e. The SMILES string of the molecule is COC(=O)C(CNC(=O)N[C@@H]1CCc2ccccc21)NC(=O)c1c(Cl)ccc(Nc2cccc(C(C)C)c2)c1Cl. The monoisotopic (exact) mass is 582 g/mol. The van der Waals surface area contributed by atoms with Gasteiger partial charge in [0.1, 0.15) is 6.04 Å². The van der Waals surface area contributed by atoms with Crippen LogP contribution >= 0.6 is 23.2 Å². The third-order valence-corrected chi connectivity index (χ3v) is 7.55. The number of urea groups is 1. The van der Waals surface area contributed by atoms with Crippen molar-refractivity contribution in [2.45, 2.75) is 44.7 Å². The number of esters is 1. The van der Waals surface area contributed by atoms with Crippen molar-refractivity contribution in [2.24, 2.45) is 0 Å². The van der Waals surface area contributed by atoms with Crippen molar-refractivity contribution in [2.75, 3.05) is 19.0 Å². The van der Waals surface area contributed by atoms with E-state index in [0.29, 0.717) is 11.6 Å². The summed E-state index contributed by atoms with van der Waals surface area (Å²) in [6, 6.07) is 17.3. The van der Waals surface area contributed by atoms with Crippen molar-refractivity contribution in [3.63, 3.8) is 0 Å². The van der Waals surface area contributed by atoms with E-state index in [1.165, 1.54) is 12.7 Å². The van der Waals surface area contributed by atoms with Gasteiger partial charge in [0.05, 0.1) is 41.0 Å². The van der Waals surface area contributed by atoms with E-state index in [-0.39, 0.29) is 28.2 Å². The molecule has 4 rings (SSSR count). The first-order valence-electron chi connectivity index (χ1n) is 13.0. The van der Waals surface area contributed by atoms with Crippen molar-refractivity contribution in [1.29, 1.82) is 0 Å². The van der Waals surface area contributed by atoms with Crippen LogP contribution in [0.3, 0.4) is 0 Å². The Labute approximate surface area is 243 Å². The normalized spacial score (nSPS) is 14.7. The maximum absolute atomic E-state index is 13.3. The van der Waals surface area contributed by atoms with Crippen LogP contribution in [0.4, 0.5) is 16.2 Å². The number of carbonyl (C=O) groups is 3. The van der Waals surface area contributed by atoms with E-state index >= 15 is 0 Å². The zero-order chi connectivity index (χ0) is 28.8. The number of benzene rings is 3. The Bertz CT molecular complexity index is 1410. The summed E-state index contributed by atoms with van der Waals surface area (Å²) < 4.78 is 4.85. The molecule has 0 saturated heterocycles. The van der Waals surface area contributed by atoms with Crippen LogP contribution in [-0.4, -0.2) is 37.6 Å². The lowest BCUT2D eigenvalue weighted by molar-refractivity contribution is -0.142. The summed E-state index contributed by atoms with van der Waals surface area (Å²) >= 11 is 13.0. The molecular formula is C30H32Cl2N4O4. The zero-order valence-corrected chi connectivity index (χ0v) is 24.0. The summed E-state index contributed by atoms with van der Waals surface area (Å²) in [5.41, 5.74) is 4.68. The standard InChI is InChI=1S/C30H32Cl2N4O4/c1-17(2)19-8-6-9-20(15-19)34-24-14-12-22(31)26(27(24)32)28(37)35-25(29(38)40-3)16-33-30(39)36-23-13-11-18-7-4-5-10-21(18)23/h4-10,12,14-15,17,23,25,34H,11,13,16H2,1-3H3,(H,35,37)(H2,33,36,39)/t23-,25?/m1/s1. The molecule has 0 spiro atoms. The topological polar surface area (TPSA) is 109 Å².